The summed E-state index contributed by atoms with van der Waals surface area (Å²) in [6, 6.07) is 8.42. The monoisotopic (exact) mass is 365 g/mol. The summed E-state index contributed by atoms with van der Waals surface area (Å²) >= 11 is 2.27. The zero-order valence-corrected chi connectivity index (χ0v) is 12.7. The third-order valence-electron chi connectivity index (χ3n) is 3.28. The summed E-state index contributed by atoms with van der Waals surface area (Å²) in [4.78, 5) is 0. The van der Waals surface area contributed by atoms with Crippen LogP contribution in [0, 0.1) is 9.49 Å². The zero-order valence-electron chi connectivity index (χ0n) is 9.69. The number of nitrogens with one attached hydrogen (secondary N) is 1. The fraction of sp³-hybridized carbons (Fsp3) is 0.500. The van der Waals surface area contributed by atoms with Crippen molar-refractivity contribution >= 4 is 32.4 Å². The van der Waals surface area contributed by atoms with Crippen molar-refractivity contribution in [3.05, 3.63) is 33.4 Å². The fourth-order valence-corrected chi connectivity index (χ4v) is 4.63. The number of hydrogen-bond acceptors (Lipinski definition) is 3. The standard InChI is InChI=1S/C12H16INO2S/c1-14-12(9-2-4-11(13)5-3-9)10-6-7-17(15,16)8-10/h2-5,10,12,14H,6-8H2,1H3. The van der Waals surface area contributed by atoms with E-state index in [2.05, 4.69) is 52.2 Å². The normalized spacial score (nSPS) is 24.7. The average molecular weight is 365 g/mol. The maximum atomic E-state index is 11.5. The first-order valence-corrected chi connectivity index (χ1v) is 8.55. The van der Waals surface area contributed by atoms with E-state index in [1.807, 2.05) is 7.05 Å². The van der Waals surface area contributed by atoms with Gasteiger partial charge in [-0.1, -0.05) is 12.1 Å². The molecule has 1 fully saturated rings. The Morgan fingerprint density at radius 2 is 2.00 bits per heavy atom. The van der Waals surface area contributed by atoms with Gasteiger partial charge >= 0.3 is 0 Å². The molecule has 1 N–H and O–H groups in total. The van der Waals surface area contributed by atoms with Gasteiger partial charge in [-0.15, -0.1) is 0 Å². The Labute approximate surface area is 116 Å². The maximum Gasteiger partial charge on any atom is 0.150 e. The van der Waals surface area contributed by atoms with Gasteiger partial charge in [-0.2, -0.15) is 0 Å². The molecule has 0 bridgehead atoms. The van der Waals surface area contributed by atoms with Crippen LogP contribution < -0.4 is 5.32 Å². The molecule has 0 amide bonds. The lowest BCUT2D eigenvalue weighted by Crippen LogP contribution is -2.26. The summed E-state index contributed by atoms with van der Waals surface area (Å²) in [5, 5.41) is 3.25. The SMILES string of the molecule is CNC(c1ccc(I)cc1)C1CCS(=O)(=O)C1. The summed E-state index contributed by atoms with van der Waals surface area (Å²) in [5.41, 5.74) is 1.18. The van der Waals surface area contributed by atoms with Crippen LogP contribution in [0.3, 0.4) is 0 Å². The van der Waals surface area contributed by atoms with Gasteiger partial charge in [0.1, 0.15) is 0 Å². The summed E-state index contributed by atoms with van der Waals surface area (Å²) in [6.45, 7) is 0. The molecule has 0 aromatic heterocycles. The van der Waals surface area contributed by atoms with Crippen molar-refractivity contribution in [3.63, 3.8) is 0 Å². The van der Waals surface area contributed by atoms with Crippen LogP contribution in [0.1, 0.15) is 18.0 Å². The van der Waals surface area contributed by atoms with Gasteiger partial charge < -0.3 is 5.32 Å². The average Bonchev–Trinajstić information content (AvgIpc) is 2.63. The Balaban J connectivity index is 2.20. The lowest BCUT2D eigenvalue weighted by atomic mass is 9.93. The highest BCUT2D eigenvalue weighted by Gasteiger charge is 2.33. The summed E-state index contributed by atoms with van der Waals surface area (Å²) in [7, 11) is -0.912. The molecule has 0 aliphatic carbocycles. The molecule has 1 aromatic carbocycles. The molecule has 0 saturated carbocycles. The number of benzene rings is 1. The van der Waals surface area contributed by atoms with E-state index in [0.717, 1.165) is 6.42 Å². The van der Waals surface area contributed by atoms with Gasteiger partial charge in [-0.05, 0) is 59.7 Å². The molecule has 1 aliphatic heterocycles. The van der Waals surface area contributed by atoms with Crippen LogP contribution in [-0.2, 0) is 9.84 Å². The van der Waals surface area contributed by atoms with Gasteiger partial charge in [-0.3, -0.25) is 0 Å². The van der Waals surface area contributed by atoms with Crippen LogP contribution >= 0.6 is 22.6 Å². The van der Waals surface area contributed by atoms with E-state index in [1.54, 1.807) is 0 Å². The van der Waals surface area contributed by atoms with E-state index >= 15 is 0 Å². The minimum atomic E-state index is -2.81. The molecule has 2 rings (SSSR count). The van der Waals surface area contributed by atoms with E-state index in [1.165, 1.54) is 9.13 Å². The topological polar surface area (TPSA) is 46.2 Å². The van der Waals surface area contributed by atoms with Gasteiger partial charge in [0.15, 0.2) is 9.84 Å². The second-order valence-electron chi connectivity index (χ2n) is 4.48. The number of hydrogen-bond donors (Lipinski definition) is 1. The van der Waals surface area contributed by atoms with E-state index < -0.39 is 9.84 Å². The van der Waals surface area contributed by atoms with Gasteiger partial charge in [0.05, 0.1) is 11.5 Å². The molecule has 1 aliphatic rings. The Morgan fingerprint density at radius 3 is 2.47 bits per heavy atom. The lowest BCUT2D eigenvalue weighted by molar-refractivity contribution is 0.418. The van der Waals surface area contributed by atoms with Crippen molar-refractivity contribution < 1.29 is 8.42 Å². The summed E-state index contributed by atoms with van der Waals surface area (Å²) < 4.78 is 24.2. The quantitative estimate of drug-likeness (QED) is 0.834. The molecule has 2 atom stereocenters. The van der Waals surface area contributed by atoms with Crippen molar-refractivity contribution in [2.24, 2.45) is 5.92 Å². The van der Waals surface area contributed by atoms with Crippen LogP contribution in [0.25, 0.3) is 0 Å². The minimum absolute atomic E-state index is 0.143. The molecule has 1 saturated heterocycles. The minimum Gasteiger partial charge on any atom is -0.313 e. The molecular formula is C12H16INO2S. The third-order valence-corrected chi connectivity index (χ3v) is 5.79. The fourth-order valence-electron chi connectivity index (χ4n) is 2.43. The molecule has 2 unspecified atom stereocenters. The van der Waals surface area contributed by atoms with Gasteiger partial charge in [0.25, 0.3) is 0 Å². The number of sulfone groups is 1. The lowest BCUT2D eigenvalue weighted by Gasteiger charge is -2.22. The molecular weight excluding hydrogens is 349 g/mol. The second-order valence-corrected chi connectivity index (χ2v) is 7.96. The Morgan fingerprint density at radius 1 is 1.35 bits per heavy atom. The van der Waals surface area contributed by atoms with Crippen LogP contribution in [-0.4, -0.2) is 27.0 Å². The van der Waals surface area contributed by atoms with E-state index in [4.69, 9.17) is 0 Å². The van der Waals surface area contributed by atoms with Crippen LogP contribution in [0.4, 0.5) is 0 Å². The predicted molar refractivity (Wildman–Crippen MR) is 77.7 cm³/mol. The molecule has 0 radical (unpaired) electrons. The summed E-state index contributed by atoms with van der Waals surface area (Å²) in [5.74, 6) is 0.843. The largest absolute Gasteiger partial charge is 0.313 e. The first-order valence-electron chi connectivity index (χ1n) is 5.65. The van der Waals surface area contributed by atoms with Crippen molar-refractivity contribution in [1.29, 1.82) is 0 Å². The van der Waals surface area contributed by atoms with Gasteiger partial charge in [-0.25, -0.2) is 8.42 Å². The van der Waals surface area contributed by atoms with Crippen molar-refractivity contribution in [2.45, 2.75) is 12.5 Å². The first kappa shape index (κ1) is 13.3. The number of rotatable bonds is 3. The van der Waals surface area contributed by atoms with E-state index in [9.17, 15) is 8.42 Å². The molecule has 1 heterocycles. The molecule has 3 nitrogen and oxygen atoms in total. The van der Waals surface area contributed by atoms with Gasteiger partial charge in [0.2, 0.25) is 0 Å². The summed E-state index contributed by atoms with van der Waals surface area (Å²) in [6.07, 6.45) is 0.764. The van der Waals surface area contributed by atoms with Gasteiger partial charge in [0, 0.05) is 9.61 Å². The highest BCUT2D eigenvalue weighted by Crippen LogP contribution is 2.31. The smallest absolute Gasteiger partial charge is 0.150 e. The highest BCUT2D eigenvalue weighted by atomic mass is 127. The van der Waals surface area contributed by atoms with Crippen molar-refractivity contribution in [1.82, 2.24) is 5.32 Å². The molecule has 5 heteroatoms. The maximum absolute atomic E-state index is 11.5. The van der Waals surface area contributed by atoms with Crippen LogP contribution in [0.5, 0.6) is 0 Å². The zero-order chi connectivity index (χ0) is 12.5. The third kappa shape index (κ3) is 3.20. The Kier molecular flexibility index (Phi) is 4.10. The predicted octanol–water partition coefficient (Wildman–Crippen LogP) is 1.99. The highest BCUT2D eigenvalue weighted by molar-refractivity contribution is 14.1. The molecule has 0 spiro atoms. The number of halogens is 1. The first-order chi connectivity index (χ1) is 8.02. The molecule has 94 valence electrons. The van der Waals surface area contributed by atoms with Crippen LogP contribution in [0.15, 0.2) is 24.3 Å². The van der Waals surface area contributed by atoms with E-state index in [-0.39, 0.29) is 12.0 Å². The van der Waals surface area contributed by atoms with Crippen molar-refractivity contribution in [2.75, 3.05) is 18.6 Å². The van der Waals surface area contributed by atoms with E-state index in [0.29, 0.717) is 11.5 Å². The Bertz CT molecular complexity index is 484. The van der Waals surface area contributed by atoms with Crippen molar-refractivity contribution in [3.8, 4) is 0 Å². The molecule has 17 heavy (non-hydrogen) atoms. The second kappa shape index (κ2) is 5.24. The molecule has 1 aromatic rings. The Hall–Kier alpha value is -0.140. The van der Waals surface area contributed by atoms with Crippen LogP contribution in [0.2, 0.25) is 0 Å².